The Kier molecular flexibility index (Phi) is 9.33. The van der Waals surface area contributed by atoms with Gasteiger partial charge in [-0.1, -0.05) is 36.8 Å². The van der Waals surface area contributed by atoms with E-state index >= 15 is 0 Å². The number of carbonyl (C=O) groups excluding carboxylic acids is 3. The first-order valence-corrected chi connectivity index (χ1v) is 9.12. The summed E-state index contributed by atoms with van der Waals surface area (Å²) in [5.74, 6) is -0.717. The SMILES string of the molecule is COC(=O)[C@H](NC(=O)CCCCCNC(=O)OC(C)(C)C)c1ccccc1. The zero-order chi connectivity index (χ0) is 20.3. The zero-order valence-electron chi connectivity index (χ0n) is 16.5. The molecule has 2 N–H and O–H groups in total. The molecule has 0 unspecified atom stereocenters. The van der Waals surface area contributed by atoms with Crippen LogP contribution in [0.5, 0.6) is 0 Å². The number of ether oxygens (including phenoxy) is 2. The molecule has 0 radical (unpaired) electrons. The Balaban J connectivity index is 2.29. The maximum absolute atomic E-state index is 12.1. The summed E-state index contributed by atoms with van der Waals surface area (Å²) in [6.45, 7) is 5.91. The Morgan fingerprint density at radius 1 is 1.04 bits per heavy atom. The molecule has 0 aliphatic rings. The van der Waals surface area contributed by atoms with Crippen molar-refractivity contribution in [2.75, 3.05) is 13.7 Å². The van der Waals surface area contributed by atoms with Gasteiger partial charge in [-0.05, 0) is 39.2 Å². The lowest BCUT2D eigenvalue weighted by molar-refractivity contribution is -0.145. The molecule has 0 heterocycles. The van der Waals surface area contributed by atoms with Gasteiger partial charge in [0.05, 0.1) is 7.11 Å². The molecule has 1 rings (SSSR count). The molecule has 7 heteroatoms. The van der Waals surface area contributed by atoms with Crippen molar-refractivity contribution in [1.82, 2.24) is 10.6 Å². The van der Waals surface area contributed by atoms with E-state index in [9.17, 15) is 14.4 Å². The van der Waals surface area contributed by atoms with Crippen molar-refractivity contribution in [2.24, 2.45) is 0 Å². The molecule has 0 aliphatic carbocycles. The minimum atomic E-state index is -0.808. The summed E-state index contributed by atoms with van der Waals surface area (Å²) < 4.78 is 9.92. The predicted octanol–water partition coefficient (Wildman–Crippen LogP) is 3.10. The van der Waals surface area contributed by atoms with Gasteiger partial charge >= 0.3 is 12.1 Å². The van der Waals surface area contributed by atoms with Crippen LogP contribution < -0.4 is 10.6 Å². The van der Waals surface area contributed by atoms with Crippen LogP contribution in [0.2, 0.25) is 0 Å². The van der Waals surface area contributed by atoms with E-state index in [1.807, 2.05) is 26.8 Å². The number of benzene rings is 1. The average Bonchev–Trinajstić information content (AvgIpc) is 2.61. The minimum Gasteiger partial charge on any atom is -0.467 e. The highest BCUT2D eigenvalue weighted by Crippen LogP contribution is 2.14. The predicted molar refractivity (Wildman–Crippen MR) is 102 cm³/mol. The molecule has 0 fully saturated rings. The molecule has 7 nitrogen and oxygen atoms in total. The van der Waals surface area contributed by atoms with Crippen molar-refractivity contribution < 1.29 is 23.9 Å². The smallest absolute Gasteiger partial charge is 0.407 e. The quantitative estimate of drug-likeness (QED) is 0.509. The van der Waals surface area contributed by atoms with E-state index in [4.69, 9.17) is 9.47 Å². The molecule has 0 saturated carbocycles. The third kappa shape index (κ3) is 9.63. The molecule has 0 aromatic heterocycles. The molecule has 1 atom stereocenters. The van der Waals surface area contributed by atoms with E-state index in [0.717, 1.165) is 12.8 Å². The van der Waals surface area contributed by atoms with E-state index in [2.05, 4.69) is 10.6 Å². The monoisotopic (exact) mass is 378 g/mol. The van der Waals surface area contributed by atoms with Crippen LogP contribution in [0.25, 0.3) is 0 Å². The summed E-state index contributed by atoms with van der Waals surface area (Å²) >= 11 is 0. The van der Waals surface area contributed by atoms with Crippen molar-refractivity contribution in [3.8, 4) is 0 Å². The topological polar surface area (TPSA) is 93.7 Å². The van der Waals surface area contributed by atoms with Crippen molar-refractivity contribution in [3.05, 3.63) is 35.9 Å². The second-order valence-corrected chi connectivity index (χ2v) is 7.17. The molecular formula is C20H30N2O5. The van der Waals surface area contributed by atoms with Crippen LogP contribution in [-0.2, 0) is 19.1 Å². The summed E-state index contributed by atoms with van der Waals surface area (Å²) in [4.78, 5) is 35.6. The number of esters is 1. The van der Waals surface area contributed by atoms with E-state index in [0.29, 0.717) is 24.9 Å². The van der Waals surface area contributed by atoms with Gasteiger partial charge in [0.15, 0.2) is 6.04 Å². The summed E-state index contributed by atoms with van der Waals surface area (Å²) in [5, 5.41) is 5.40. The third-order valence-electron chi connectivity index (χ3n) is 3.62. The molecule has 2 amide bonds. The number of unbranched alkanes of at least 4 members (excludes halogenated alkanes) is 2. The Morgan fingerprint density at radius 2 is 1.70 bits per heavy atom. The number of amides is 2. The second-order valence-electron chi connectivity index (χ2n) is 7.17. The standard InChI is InChI=1S/C20H30N2O5/c1-20(2,3)27-19(25)21-14-10-6-9-13-16(23)22-17(18(24)26-4)15-11-7-5-8-12-15/h5,7-8,11-12,17H,6,9-10,13-14H2,1-4H3,(H,21,25)(H,22,23)/t17-/m1/s1. The Bertz CT molecular complexity index is 611. The van der Waals surface area contributed by atoms with Gasteiger partial charge in [-0.3, -0.25) is 4.79 Å². The van der Waals surface area contributed by atoms with Gasteiger partial charge in [0.25, 0.3) is 0 Å². The molecule has 1 aromatic carbocycles. The number of alkyl carbamates (subject to hydrolysis) is 1. The lowest BCUT2D eigenvalue weighted by Gasteiger charge is -2.19. The average molecular weight is 378 g/mol. The Labute approximate surface area is 160 Å². The fourth-order valence-corrected chi connectivity index (χ4v) is 2.37. The number of hydrogen-bond donors (Lipinski definition) is 2. The summed E-state index contributed by atoms with van der Waals surface area (Å²) in [6.07, 6.45) is 2.03. The largest absolute Gasteiger partial charge is 0.467 e. The second kappa shape index (κ2) is 11.2. The van der Waals surface area contributed by atoms with Gasteiger partial charge in [0.1, 0.15) is 5.60 Å². The first-order valence-electron chi connectivity index (χ1n) is 9.12. The lowest BCUT2D eigenvalue weighted by atomic mass is 10.1. The molecular weight excluding hydrogens is 348 g/mol. The molecule has 0 spiro atoms. The number of nitrogens with one attached hydrogen (secondary N) is 2. The lowest BCUT2D eigenvalue weighted by Crippen LogP contribution is -2.34. The number of methoxy groups -OCH3 is 1. The van der Waals surface area contributed by atoms with Crippen LogP contribution in [0.1, 0.15) is 58.1 Å². The molecule has 1 aromatic rings. The van der Waals surface area contributed by atoms with Crippen LogP contribution >= 0.6 is 0 Å². The highest BCUT2D eigenvalue weighted by atomic mass is 16.6. The van der Waals surface area contributed by atoms with Gasteiger partial charge in [-0.15, -0.1) is 0 Å². The maximum Gasteiger partial charge on any atom is 0.407 e. The molecule has 0 aliphatic heterocycles. The minimum absolute atomic E-state index is 0.214. The first-order chi connectivity index (χ1) is 12.7. The molecule has 0 bridgehead atoms. The maximum atomic E-state index is 12.1. The first kappa shape index (κ1) is 22.5. The fraction of sp³-hybridized carbons (Fsp3) is 0.550. The van der Waals surface area contributed by atoms with E-state index in [1.165, 1.54) is 7.11 Å². The fourth-order valence-electron chi connectivity index (χ4n) is 2.37. The highest BCUT2D eigenvalue weighted by molar-refractivity contribution is 5.85. The third-order valence-corrected chi connectivity index (χ3v) is 3.62. The van der Waals surface area contributed by atoms with E-state index in [-0.39, 0.29) is 5.91 Å². The van der Waals surface area contributed by atoms with Gasteiger partial charge in [0.2, 0.25) is 5.91 Å². The van der Waals surface area contributed by atoms with E-state index < -0.39 is 23.7 Å². The van der Waals surface area contributed by atoms with Gasteiger partial charge < -0.3 is 20.1 Å². The van der Waals surface area contributed by atoms with Crippen LogP contribution in [0.15, 0.2) is 30.3 Å². The summed E-state index contributed by atoms with van der Waals surface area (Å²) in [7, 11) is 1.29. The number of rotatable bonds is 9. The van der Waals surface area contributed by atoms with Crippen molar-refractivity contribution in [1.29, 1.82) is 0 Å². The Hall–Kier alpha value is -2.57. The number of carbonyl (C=O) groups is 3. The van der Waals surface area contributed by atoms with Crippen LogP contribution in [0.4, 0.5) is 4.79 Å². The molecule has 150 valence electrons. The summed E-state index contributed by atoms with van der Waals surface area (Å²) in [6, 6.07) is 8.17. The van der Waals surface area contributed by atoms with Crippen molar-refractivity contribution in [2.45, 2.75) is 58.1 Å². The van der Waals surface area contributed by atoms with Crippen LogP contribution in [0, 0.1) is 0 Å². The highest BCUT2D eigenvalue weighted by Gasteiger charge is 2.23. The van der Waals surface area contributed by atoms with Crippen molar-refractivity contribution in [3.63, 3.8) is 0 Å². The van der Waals surface area contributed by atoms with Gasteiger partial charge in [-0.2, -0.15) is 0 Å². The zero-order valence-corrected chi connectivity index (χ0v) is 16.5. The summed E-state index contributed by atoms with van der Waals surface area (Å²) in [5.41, 5.74) is 0.163. The van der Waals surface area contributed by atoms with Crippen molar-refractivity contribution >= 4 is 18.0 Å². The Morgan fingerprint density at radius 3 is 2.30 bits per heavy atom. The van der Waals surface area contributed by atoms with Gasteiger partial charge in [-0.25, -0.2) is 9.59 Å². The van der Waals surface area contributed by atoms with E-state index in [1.54, 1.807) is 24.3 Å². The molecule has 0 saturated heterocycles. The molecule has 27 heavy (non-hydrogen) atoms. The van der Waals surface area contributed by atoms with Gasteiger partial charge in [0, 0.05) is 13.0 Å². The normalized spacial score (nSPS) is 12.0. The van der Waals surface area contributed by atoms with Crippen LogP contribution in [0.3, 0.4) is 0 Å². The number of hydrogen-bond acceptors (Lipinski definition) is 5. The van der Waals surface area contributed by atoms with Crippen LogP contribution in [-0.4, -0.2) is 37.2 Å².